The number of likely N-dealkylation sites (tertiary alicyclic amines) is 1. The van der Waals surface area contributed by atoms with E-state index < -0.39 is 12.2 Å². The molecule has 5 heteroatoms. The van der Waals surface area contributed by atoms with Crippen LogP contribution in [0.15, 0.2) is 36.9 Å². The van der Waals surface area contributed by atoms with E-state index in [9.17, 15) is 15.0 Å². The van der Waals surface area contributed by atoms with Crippen molar-refractivity contribution in [2.75, 3.05) is 19.7 Å². The highest BCUT2D eigenvalue weighted by atomic mass is 16.5. The van der Waals surface area contributed by atoms with Crippen LogP contribution >= 0.6 is 0 Å². The van der Waals surface area contributed by atoms with Gasteiger partial charge in [-0.05, 0) is 18.6 Å². The van der Waals surface area contributed by atoms with Gasteiger partial charge in [-0.15, -0.1) is 0 Å². The maximum Gasteiger partial charge on any atom is 0.257 e. The van der Waals surface area contributed by atoms with Crippen molar-refractivity contribution in [2.45, 2.75) is 18.6 Å². The van der Waals surface area contributed by atoms with Gasteiger partial charge >= 0.3 is 0 Å². The molecule has 1 fully saturated rings. The summed E-state index contributed by atoms with van der Waals surface area (Å²) in [6.07, 6.45) is 0.338. The third-order valence-corrected chi connectivity index (χ3v) is 3.31. The smallest absolute Gasteiger partial charge is 0.257 e. The second kappa shape index (κ2) is 6.54. The molecule has 1 aliphatic rings. The molecular weight excluding hydrogens is 258 g/mol. The Morgan fingerprint density at radius 2 is 2.15 bits per heavy atom. The van der Waals surface area contributed by atoms with E-state index >= 15 is 0 Å². The largest absolute Gasteiger partial charge is 0.489 e. The van der Waals surface area contributed by atoms with Crippen LogP contribution in [-0.2, 0) is 0 Å². The van der Waals surface area contributed by atoms with Gasteiger partial charge in [0.15, 0.2) is 0 Å². The Kier molecular flexibility index (Phi) is 4.76. The number of carbonyl (C=O) groups is 1. The first-order chi connectivity index (χ1) is 9.63. The normalized spacial score (nSPS) is 22.4. The molecule has 2 N–H and O–H groups in total. The minimum atomic E-state index is -0.894. The molecule has 0 saturated carbocycles. The Morgan fingerprint density at radius 3 is 2.85 bits per heavy atom. The van der Waals surface area contributed by atoms with E-state index in [2.05, 4.69) is 6.58 Å². The van der Waals surface area contributed by atoms with Crippen molar-refractivity contribution in [3.05, 3.63) is 42.5 Å². The van der Waals surface area contributed by atoms with Gasteiger partial charge in [-0.1, -0.05) is 24.8 Å². The van der Waals surface area contributed by atoms with Crippen molar-refractivity contribution in [2.24, 2.45) is 0 Å². The number of hydrogen-bond acceptors (Lipinski definition) is 4. The first kappa shape index (κ1) is 14.6. The molecule has 1 aromatic carbocycles. The van der Waals surface area contributed by atoms with Gasteiger partial charge in [0.1, 0.15) is 12.4 Å². The minimum Gasteiger partial charge on any atom is -0.489 e. The first-order valence-corrected chi connectivity index (χ1v) is 6.61. The summed E-state index contributed by atoms with van der Waals surface area (Å²) >= 11 is 0. The van der Waals surface area contributed by atoms with Crippen LogP contribution in [0.2, 0.25) is 0 Å². The highest BCUT2D eigenvalue weighted by Gasteiger charge is 2.30. The molecule has 2 rings (SSSR count). The molecule has 1 heterocycles. The molecule has 1 aliphatic heterocycles. The SMILES string of the molecule is C=CCOc1ccccc1C(=O)N1CC[C@H](O)[C@@H](O)C1. The lowest BCUT2D eigenvalue weighted by Crippen LogP contribution is -2.49. The number of β-amino-alcohol motifs (C(OH)–C–C–N with tert-alkyl or cyclic N) is 1. The average Bonchev–Trinajstić information content (AvgIpc) is 2.47. The summed E-state index contributed by atoms with van der Waals surface area (Å²) in [5.74, 6) is 0.300. The molecule has 0 bridgehead atoms. The summed E-state index contributed by atoms with van der Waals surface area (Å²) in [5.41, 5.74) is 0.456. The second-order valence-electron chi connectivity index (χ2n) is 4.77. The molecule has 5 nitrogen and oxygen atoms in total. The van der Waals surface area contributed by atoms with Gasteiger partial charge in [0.2, 0.25) is 0 Å². The van der Waals surface area contributed by atoms with E-state index in [0.717, 1.165) is 0 Å². The quantitative estimate of drug-likeness (QED) is 0.799. The van der Waals surface area contributed by atoms with Gasteiger partial charge < -0.3 is 19.8 Å². The number of nitrogens with zero attached hydrogens (tertiary/aromatic N) is 1. The molecule has 108 valence electrons. The third-order valence-electron chi connectivity index (χ3n) is 3.31. The van der Waals surface area contributed by atoms with E-state index in [-0.39, 0.29) is 12.5 Å². The number of ether oxygens (including phenoxy) is 1. The van der Waals surface area contributed by atoms with Crippen molar-refractivity contribution in [1.82, 2.24) is 4.90 Å². The van der Waals surface area contributed by atoms with Crippen LogP contribution in [0, 0.1) is 0 Å². The van der Waals surface area contributed by atoms with E-state index in [1.54, 1.807) is 30.3 Å². The van der Waals surface area contributed by atoms with Gasteiger partial charge in [0, 0.05) is 13.1 Å². The van der Waals surface area contributed by atoms with E-state index in [1.165, 1.54) is 4.90 Å². The number of hydrogen-bond donors (Lipinski definition) is 2. The predicted molar refractivity (Wildman–Crippen MR) is 74.7 cm³/mol. The lowest BCUT2D eigenvalue weighted by molar-refractivity contribution is -0.0322. The molecular formula is C15H19NO4. The fourth-order valence-corrected chi connectivity index (χ4v) is 2.19. The molecule has 1 saturated heterocycles. The first-order valence-electron chi connectivity index (χ1n) is 6.61. The Balaban J connectivity index is 2.14. The molecule has 20 heavy (non-hydrogen) atoms. The van der Waals surface area contributed by atoms with Crippen LogP contribution in [0.4, 0.5) is 0 Å². The van der Waals surface area contributed by atoms with Gasteiger partial charge in [0.25, 0.3) is 5.91 Å². The van der Waals surface area contributed by atoms with Crippen molar-refractivity contribution in [3.63, 3.8) is 0 Å². The van der Waals surface area contributed by atoms with E-state index in [1.807, 2.05) is 0 Å². The van der Waals surface area contributed by atoms with Gasteiger partial charge in [-0.2, -0.15) is 0 Å². The fourth-order valence-electron chi connectivity index (χ4n) is 2.19. The highest BCUT2D eigenvalue weighted by molar-refractivity contribution is 5.97. The Bertz CT molecular complexity index is 489. The van der Waals surface area contributed by atoms with Crippen molar-refractivity contribution < 1.29 is 19.7 Å². The lowest BCUT2D eigenvalue weighted by atomic mass is 10.0. The average molecular weight is 277 g/mol. The molecule has 0 aliphatic carbocycles. The highest BCUT2D eigenvalue weighted by Crippen LogP contribution is 2.22. The Labute approximate surface area is 118 Å². The van der Waals surface area contributed by atoms with Crippen molar-refractivity contribution in [1.29, 1.82) is 0 Å². The molecule has 1 aromatic rings. The zero-order valence-corrected chi connectivity index (χ0v) is 11.2. The Morgan fingerprint density at radius 1 is 1.40 bits per heavy atom. The number of rotatable bonds is 4. The van der Waals surface area contributed by atoms with Crippen LogP contribution in [0.3, 0.4) is 0 Å². The molecule has 1 amide bonds. The van der Waals surface area contributed by atoms with E-state index in [0.29, 0.717) is 30.9 Å². The lowest BCUT2D eigenvalue weighted by Gasteiger charge is -2.33. The van der Waals surface area contributed by atoms with Crippen LogP contribution in [-0.4, -0.2) is 52.9 Å². The zero-order chi connectivity index (χ0) is 14.5. The number of para-hydroxylation sites is 1. The number of aliphatic hydroxyl groups excluding tert-OH is 2. The zero-order valence-electron chi connectivity index (χ0n) is 11.2. The summed E-state index contributed by atoms with van der Waals surface area (Å²) in [7, 11) is 0. The van der Waals surface area contributed by atoms with Crippen LogP contribution in [0.1, 0.15) is 16.8 Å². The maximum absolute atomic E-state index is 12.5. The van der Waals surface area contributed by atoms with Crippen LogP contribution < -0.4 is 4.74 Å². The number of benzene rings is 1. The molecule has 0 unspecified atom stereocenters. The summed E-state index contributed by atoms with van der Waals surface area (Å²) in [6, 6.07) is 6.98. The maximum atomic E-state index is 12.5. The van der Waals surface area contributed by atoms with E-state index in [4.69, 9.17) is 4.74 Å². The molecule has 2 atom stereocenters. The predicted octanol–water partition coefficient (Wildman–Crippen LogP) is 0.819. The van der Waals surface area contributed by atoms with Crippen LogP contribution in [0.5, 0.6) is 5.75 Å². The molecule has 0 radical (unpaired) electrons. The standard InChI is InChI=1S/C15H19NO4/c1-2-9-20-14-6-4-3-5-11(14)15(19)16-8-7-12(17)13(18)10-16/h2-6,12-13,17-18H,1,7-10H2/t12-,13-/m0/s1. The number of aliphatic hydroxyl groups is 2. The summed E-state index contributed by atoms with van der Waals surface area (Å²) < 4.78 is 5.47. The van der Waals surface area contributed by atoms with Gasteiger partial charge in [-0.25, -0.2) is 0 Å². The summed E-state index contributed by atoms with van der Waals surface area (Å²) in [4.78, 5) is 14.0. The van der Waals surface area contributed by atoms with Crippen molar-refractivity contribution >= 4 is 5.91 Å². The molecule has 0 aromatic heterocycles. The second-order valence-corrected chi connectivity index (χ2v) is 4.77. The fraction of sp³-hybridized carbons (Fsp3) is 0.400. The number of carbonyl (C=O) groups excluding carboxylic acids is 1. The Hall–Kier alpha value is -1.85. The number of piperidine rings is 1. The molecule has 0 spiro atoms. The topological polar surface area (TPSA) is 70.0 Å². The monoisotopic (exact) mass is 277 g/mol. The summed E-state index contributed by atoms with van der Waals surface area (Å²) in [5, 5.41) is 19.2. The number of amides is 1. The third kappa shape index (κ3) is 3.18. The summed E-state index contributed by atoms with van der Waals surface area (Å²) in [6.45, 7) is 4.46. The van der Waals surface area contributed by atoms with Gasteiger partial charge in [-0.3, -0.25) is 4.79 Å². The minimum absolute atomic E-state index is 0.135. The van der Waals surface area contributed by atoms with Gasteiger partial charge in [0.05, 0.1) is 17.8 Å². The van der Waals surface area contributed by atoms with Crippen LogP contribution in [0.25, 0.3) is 0 Å². The van der Waals surface area contributed by atoms with Crippen molar-refractivity contribution in [3.8, 4) is 5.75 Å².